The van der Waals surface area contributed by atoms with Crippen molar-refractivity contribution in [2.24, 2.45) is 0 Å². The minimum atomic E-state index is -2.21. The largest absolute Gasteiger partial charge is 0.394 e. The molecule has 0 saturated carbocycles. The SMILES string of the molecule is CC(=O)NC1C(OC2C(CO)OC(OCCCNC(=O)CCCC[C@@H]3SC[C@@H]4NC(=O)N[C@@H]43)C(NC(C)=O)C2O)OC(CO)C(OC2OC(COC3OC(CO)C(O)C(O)C3O)C(O)C(OC3OC(CO)C(O)C(O)C3O)C2O)C1O. The fourth-order valence-corrected chi connectivity index (χ4v) is 12.3. The zero-order chi connectivity index (χ0) is 59.0. The lowest BCUT2D eigenvalue weighted by Crippen LogP contribution is -2.70. The van der Waals surface area contributed by atoms with E-state index in [1.165, 1.54) is 0 Å². The van der Waals surface area contributed by atoms with Gasteiger partial charge in [-0.25, -0.2) is 4.79 Å². The van der Waals surface area contributed by atoms with E-state index in [2.05, 4.69) is 26.6 Å². The molecular weight excluding hydrogens is 1110 g/mol. The predicted molar refractivity (Wildman–Crippen MR) is 265 cm³/mol. The molecule has 0 spiro atoms. The molecule has 19 N–H and O–H groups in total. The zero-order valence-electron chi connectivity index (χ0n) is 44.2. The molecule has 0 bridgehead atoms. The summed E-state index contributed by atoms with van der Waals surface area (Å²) in [5.74, 6) is -0.798. The Hall–Kier alpha value is -2.93. The van der Waals surface area contributed by atoms with Crippen LogP contribution in [0.4, 0.5) is 4.79 Å². The van der Waals surface area contributed by atoms with Gasteiger partial charge in [0.05, 0.1) is 51.7 Å². The van der Waals surface area contributed by atoms with Crippen molar-refractivity contribution in [3.8, 4) is 0 Å². The van der Waals surface area contributed by atoms with Gasteiger partial charge in [0.25, 0.3) is 0 Å². The molecule has 466 valence electrons. The maximum atomic E-state index is 12.7. The van der Waals surface area contributed by atoms with Crippen molar-refractivity contribution in [3.63, 3.8) is 0 Å². The average molecular weight is 1190 g/mol. The van der Waals surface area contributed by atoms with Gasteiger partial charge < -0.3 is 145 Å². The molecule has 7 aliphatic heterocycles. The molecule has 0 aliphatic carbocycles. The number of ether oxygens (including phenoxy) is 10. The first-order valence-electron chi connectivity index (χ1n) is 26.8. The van der Waals surface area contributed by atoms with Crippen LogP contribution in [0.15, 0.2) is 0 Å². The first-order valence-corrected chi connectivity index (χ1v) is 27.9. The summed E-state index contributed by atoms with van der Waals surface area (Å²) in [4.78, 5) is 49.5. The van der Waals surface area contributed by atoms with E-state index in [4.69, 9.17) is 47.4 Å². The second-order valence-electron chi connectivity index (χ2n) is 20.9. The van der Waals surface area contributed by atoms with Gasteiger partial charge in [-0.05, 0) is 19.3 Å². The van der Waals surface area contributed by atoms with Gasteiger partial charge in [0.15, 0.2) is 31.5 Å². The van der Waals surface area contributed by atoms with Crippen molar-refractivity contribution in [2.75, 3.05) is 51.9 Å². The molecule has 0 aromatic rings. The van der Waals surface area contributed by atoms with Crippen LogP contribution in [0.1, 0.15) is 46.0 Å². The third-order valence-electron chi connectivity index (χ3n) is 15.1. The Morgan fingerprint density at radius 3 is 1.64 bits per heavy atom. The number of amides is 5. The number of carbonyl (C=O) groups is 4. The predicted octanol–water partition coefficient (Wildman–Crippen LogP) is -10.4. The Morgan fingerprint density at radius 2 is 1.05 bits per heavy atom. The van der Waals surface area contributed by atoms with E-state index in [1.54, 1.807) is 11.8 Å². The van der Waals surface area contributed by atoms with Crippen LogP contribution in [0, 0.1) is 0 Å². The number of urea groups is 1. The molecule has 25 unspecified atom stereocenters. The summed E-state index contributed by atoms with van der Waals surface area (Å²) in [6, 6.07) is -3.08. The highest BCUT2D eigenvalue weighted by Gasteiger charge is 2.57. The number of unbranched alkanes of at least 4 members (excludes halogenated alkanes) is 1. The van der Waals surface area contributed by atoms with Gasteiger partial charge in [0.1, 0.15) is 122 Å². The highest BCUT2D eigenvalue weighted by Crippen LogP contribution is 2.37. The van der Waals surface area contributed by atoms with Gasteiger partial charge in [-0.2, -0.15) is 11.8 Å². The molecule has 7 saturated heterocycles. The number of aliphatic hydroxyl groups excluding tert-OH is 14. The van der Waals surface area contributed by atoms with E-state index in [9.17, 15) is 90.7 Å². The fourth-order valence-electron chi connectivity index (χ4n) is 10.7. The first kappa shape index (κ1) is 65.6. The van der Waals surface area contributed by atoms with E-state index in [1.807, 2.05) is 0 Å². The summed E-state index contributed by atoms with van der Waals surface area (Å²) >= 11 is 1.79. The summed E-state index contributed by atoms with van der Waals surface area (Å²) in [6.07, 6.45) is -39.4. The number of rotatable bonds is 25. The van der Waals surface area contributed by atoms with E-state index in [0.29, 0.717) is 6.42 Å². The number of carbonyl (C=O) groups excluding carboxylic acids is 4. The zero-order valence-corrected chi connectivity index (χ0v) is 45.1. The van der Waals surface area contributed by atoms with Crippen LogP contribution in [0.2, 0.25) is 0 Å². The molecule has 28 atom stereocenters. The van der Waals surface area contributed by atoms with Crippen LogP contribution in [-0.4, -0.2) is 318 Å². The summed E-state index contributed by atoms with van der Waals surface area (Å²) in [5.41, 5.74) is 0. The average Bonchev–Trinajstić information content (AvgIpc) is 4.22. The molecular formula is C47H79N5O28S. The molecule has 81 heavy (non-hydrogen) atoms. The van der Waals surface area contributed by atoms with Crippen molar-refractivity contribution >= 4 is 35.5 Å². The molecule has 7 heterocycles. The van der Waals surface area contributed by atoms with Crippen molar-refractivity contribution in [2.45, 2.75) is 217 Å². The second kappa shape index (κ2) is 29.9. The molecule has 7 aliphatic rings. The summed E-state index contributed by atoms with van der Waals surface area (Å²) in [6.45, 7) is -2.13. The van der Waals surface area contributed by atoms with E-state index in [0.717, 1.165) is 32.4 Å². The maximum Gasteiger partial charge on any atom is 0.315 e. The highest BCUT2D eigenvalue weighted by atomic mass is 32.2. The van der Waals surface area contributed by atoms with Crippen molar-refractivity contribution < 1.29 is 138 Å². The maximum absolute atomic E-state index is 12.7. The Balaban J connectivity index is 0.998. The summed E-state index contributed by atoms with van der Waals surface area (Å²) in [5, 5.41) is 165. The Labute approximate surface area is 467 Å². The number of nitrogens with one attached hydrogen (secondary N) is 5. The normalized spacial score (nSPS) is 44.4. The lowest BCUT2D eigenvalue weighted by atomic mass is 9.94. The number of aliphatic hydroxyl groups is 14. The van der Waals surface area contributed by atoms with Gasteiger partial charge in [0, 0.05) is 37.8 Å². The van der Waals surface area contributed by atoms with Crippen LogP contribution in [0.25, 0.3) is 0 Å². The molecule has 7 rings (SSSR count). The number of fused-ring (bicyclic) bond motifs is 1. The van der Waals surface area contributed by atoms with Crippen LogP contribution in [0.5, 0.6) is 0 Å². The molecule has 7 fully saturated rings. The Kier molecular flexibility index (Phi) is 24.2. The Morgan fingerprint density at radius 1 is 0.543 bits per heavy atom. The van der Waals surface area contributed by atoms with Crippen LogP contribution in [0.3, 0.4) is 0 Å². The minimum Gasteiger partial charge on any atom is -0.394 e. The number of thioether (sulfide) groups is 1. The molecule has 0 radical (unpaired) electrons. The van der Waals surface area contributed by atoms with Crippen LogP contribution in [-0.2, 0) is 61.8 Å². The quantitative estimate of drug-likeness (QED) is 0.0298. The first-order chi connectivity index (χ1) is 38.6. The van der Waals surface area contributed by atoms with Gasteiger partial charge in [-0.15, -0.1) is 0 Å². The van der Waals surface area contributed by atoms with Crippen LogP contribution < -0.4 is 26.6 Å². The smallest absolute Gasteiger partial charge is 0.315 e. The highest BCUT2D eigenvalue weighted by molar-refractivity contribution is 8.00. The molecule has 34 heteroatoms. The topological polar surface area (TPSA) is 504 Å². The third kappa shape index (κ3) is 15.7. The third-order valence-corrected chi connectivity index (χ3v) is 16.6. The molecule has 5 amide bonds. The van der Waals surface area contributed by atoms with Gasteiger partial charge in [-0.1, -0.05) is 6.42 Å². The van der Waals surface area contributed by atoms with Gasteiger partial charge in [-0.3, -0.25) is 14.4 Å². The van der Waals surface area contributed by atoms with E-state index >= 15 is 0 Å². The van der Waals surface area contributed by atoms with Crippen LogP contribution >= 0.6 is 11.8 Å². The molecule has 0 aromatic heterocycles. The number of hydrogen-bond acceptors (Lipinski definition) is 29. The van der Waals surface area contributed by atoms with E-state index < -0.39 is 198 Å². The van der Waals surface area contributed by atoms with Crippen molar-refractivity contribution in [1.82, 2.24) is 26.6 Å². The second-order valence-corrected chi connectivity index (χ2v) is 22.2. The van der Waals surface area contributed by atoms with Crippen molar-refractivity contribution in [1.29, 1.82) is 0 Å². The van der Waals surface area contributed by atoms with Crippen molar-refractivity contribution in [3.05, 3.63) is 0 Å². The fraction of sp³-hybridized carbons (Fsp3) is 0.915. The molecule has 0 aromatic carbocycles. The van der Waals surface area contributed by atoms with E-state index in [-0.39, 0.29) is 55.3 Å². The van der Waals surface area contributed by atoms with Gasteiger partial charge >= 0.3 is 6.03 Å². The lowest BCUT2D eigenvalue weighted by Gasteiger charge is -2.50. The summed E-state index contributed by atoms with van der Waals surface area (Å²) in [7, 11) is 0. The Bertz CT molecular complexity index is 2030. The summed E-state index contributed by atoms with van der Waals surface area (Å²) < 4.78 is 58.2. The molecule has 33 nitrogen and oxygen atoms in total. The monoisotopic (exact) mass is 1190 g/mol. The number of hydrogen-bond donors (Lipinski definition) is 19. The van der Waals surface area contributed by atoms with Gasteiger partial charge in [0.2, 0.25) is 17.7 Å². The minimum absolute atomic E-state index is 0.0637. The lowest BCUT2D eigenvalue weighted by molar-refractivity contribution is -0.384. The standard InChI is InChI=1S/C47H79N5O28S/c1-16(57)49-27-32(63)39(21(12-55)75-42(27)71-9-5-8-48-25(59)7-4-3-6-24-26-18(15-81-24)51-47(70)52-26)78-43-28(50-17(2)58)33(64)40(22(13-56)76-43)79-46-38(69)41(80-45-37(68)35(66)30(61)20(11-54)74-45)31(62)23(77-46)14-72-44-36(67)34(65)29(60)19(10-53)73-44/h18-24,26-46,53-56,60-69H,3-15H2,1-2H3,(H,48,59)(H,49,57)(H,50,58)(H2,51,52,70)/t18-,19?,20?,21?,22?,23?,24-,26-,27?,28?,29?,30?,31?,32?,33?,34?,35?,36?,37?,38?,39?,40?,41?,42?,43?,44?,45?,46?/m0/s1.